The number of hydrogen-bond donors (Lipinski definition) is 3. The van der Waals surface area contributed by atoms with Crippen LogP contribution in [0, 0.1) is 0 Å². The number of rotatable bonds is 9. The van der Waals surface area contributed by atoms with E-state index in [1.807, 2.05) is 45.0 Å². The molecule has 3 amide bonds. The van der Waals surface area contributed by atoms with Crippen molar-refractivity contribution in [2.75, 3.05) is 11.1 Å². The van der Waals surface area contributed by atoms with Crippen LogP contribution in [0.2, 0.25) is 0 Å². The Balaban J connectivity index is 2.38. The van der Waals surface area contributed by atoms with Gasteiger partial charge in [-0.2, -0.15) is 0 Å². The molecule has 1 aromatic rings. The molecule has 0 aliphatic carbocycles. The molecule has 0 radical (unpaired) electrons. The first-order valence-electron chi connectivity index (χ1n) is 8.48. The minimum atomic E-state index is -0.219. The maximum Gasteiger partial charge on any atom is 0.319 e. The lowest BCUT2D eigenvalue weighted by molar-refractivity contribution is -0.120. The van der Waals surface area contributed by atoms with Crippen molar-refractivity contribution in [1.82, 2.24) is 10.6 Å². The van der Waals surface area contributed by atoms with Gasteiger partial charge in [-0.05, 0) is 50.6 Å². The summed E-state index contributed by atoms with van der Waals surface area (Å²) in [6, 6.07) is 7.35. The second-order valence-corrected chi connectivity index (χ2v) is 7.48. The third kappa shape index (κ3) is 8.24. The van der Waals surface area contributed by atoms with E-state index in [0.717, 1.165) is 29.8 Å². The Morgan fingerprint density at radius 3 is 2.38 bits per heavy atom. The maximum absolute atomic E-state index is 12.0. The fourth-order valence-corrected chi connectivity index (χ4v) is 2.99. The second-order valence-electron chi connectivity index (χ2n) is 6.03. The van der Waals surface area contributed by atoms with Crippen LogP contribution in [0.15, 0.2) is 24.3 Å². The van der Waals surface area contributed by atoms with Crippen LogP contribution in [0.4, 0.5) is 10.5 Å². The smallest absolute Gasteiger partial charge is 0.319 e. The van der Waals surface area contributed by atoms with E-state index in [2.05, 4.69) is 22.9 Å². The van der Waals surface area contributed by atoms with Crippen LogP contribution < -0.4 is 16.0 Å². The van der Waals surface area contributed by atoms with Gasteiger partial charge in [0.1, 0.15) is 0 Å². The first kappa shape index (κ1) is 20.4. The normalized spacial score (nSPS) is 11.9. The molecule has 24 heavy (non-hydrogen) atoms. The van der Waals surface area contributed by atoms with E-state index in [1.54, 1.807) is 11.8 Å². The lowest BCUT2D eigenvalue weighted by Gasteiger charge is -2.13. The Bertz CT molecular complexity index is 518. The minimum absolute atomic E-state index is 0.0304. The molecule has 0 aliphatic heterocycles. The van der Waals surface area contributed by atoms with Gasteiger partial charge in [-0.1, -0.05) is 25.5 Å². The molecule has 0 aromatic heterocycles. The van der Waals surface area contributed by atoms with Crippen molar-refractivity contribution in [2.24, 2.45) is 0 Å². The van der Waals surface area contributed by atoms with Crippen LogP contribution in [0.5, 0.6) is 0 Å². The highest BCUT2D eigenvalue weighted by Crippen LogP contribution is 2.13. The average molecular weight is 352 g/mol. The van der Waals surface area contributed by atoms with Gasteiger partial charge in [0.15, 0.2) is 0 Å². The number of urea groups is 1. The molecule has 1 rings (SSSR count). The average Bonchev–Trinajstić information content (AvgIpc) is 2.53. The Morgan fingerprint density at radius 1 is 1.12 bits per heavy atom. The fraction of sp³-hybridized carbons (Fsp3) is 0.556. The number of nitrogens with one attached hydrogen (secondary N) is 3. The molecule has 1 aromatic carbocycles. The largest absolute Gasteiger partial charge is 0.351 e. The van der Waals surface area contributed by atoms with Crippen molar-refractivity contribution >= 4 is 29.4 Å². The van der Waals surface area contributed by atoms with E-state index in [-0.39, 0.29) is 23.2 Å². The predicted molar refractivity (Wildman–Crippen MR) is 102 cm³/mol. The Hall–Kier alpha value is -1.69. The topological polar surface area (TPSA) is 70.2 Å². The third-order valence-corrected chi connectivity index (χ3v) is 4.57. The summed E-state index contributed by atoms with van der Waals surface area (Å²) < 4.78 is 0. The van der Waals surface area contributed by atoms with E-state index in [4.69, 9.17) is 0 Å². The molecule has 3 N–H and O–H groups in total. The highest BCUT2D eigenvalue weighted by Gasteiger charge is 2.12. The highest BCUT2D eigenvalue weighted by atomic mass is 32.2. The summed E-state index contributed by atoms with van der Waals surface area (Å²) in [5.74, 6) is 1.08. The van der Waals surface area contributed by atoms with Gasteiger partial charge in [0.05, 0.1) is 5.25 Å². The molecular weight excluding hydrogens is 322 g/mol. The molecule has 0 aliphatic rings. The lowest BCUT2D eigenvalue weighted by Crippen LogP contribution is -2.34. The minimum Gasteiger partial charge on any atom is -0.351 e. The quantitative estimate of drug-likeness (QED) is 0.593. The summed E-state index contributed by atoms with van der Waals surface area (Å²) >= 11 is 1.69. The summed E-state index contributed by atoms with van der Waals surface area (Å²) in [7, 11) is 0. The summed E-state index contributed by atoms with van der Waals surface area (Å²) in [6.07, 6.45) is 2.29. The summed E-state index contributed by atoms with van der Waals surface area (Å²) in [5, 5.41) is 8.46. The van der Waals surface area contributed by atoms with Crippen LogP contribution in [0.1, 0.15) is 46.1 Å². The molecule has 5 nitrogen and oxygen atoms in total. The molecule has 0 fully saturated rings. The molecule has 0 saturated carbocycles. The second kappa shape index (κ2) is 11.0. The molecule has 0 bridgehead atoms. The fourth-order valence-electron chi connectivity index (χ4n) is 1.95. The van der Waals surface area contributed by atoms with Crippen molar-refractivity contribution in [3.05, 3.63) is 29.8 Å². The van der Waals surface area contributed by atoms with Gasteiger partial charge in [0.2, 0.25) is 5.91 Å². The number of carbonyl (C=O) groups is 2. The molecule has 6 heteroatoms. The Labute approximate surface area is 149 Å². The van der Waals surface area contributed by atoms with Gasteiger partial charge < -0.3 is 16.0 Å². The number of unbranched alkanes of at least 4 members (excludes halogenated alkanes) is 1. The molecule has 1 atom stereocenters. The first-order chi connectivity index (χ1) is 11.4. The third-order valence-electron chi connectivity index (χ3n) is 3.33. The standard InChI is InChI=1S/C18H29N3O2S/c1-5-6-11-24-14(4)17(22)19-12-15-7-9-16(10-8-15)21-18(23)20-13(2)3/h7-10,13-14H,5-6,11-12H2,1-4H3,(H,19,22)(H2,20,21,23). The number of benzene rings is 1. The van der Waals surface area contributed by atoms with E-state index in [1.165, 1.54) is 0 Å². The zero-order chi connectivity index (χ0) is 17.9. The predicted octanol–water partition coefficient (Wildman–Crippen LogP) is 3.75. The number of hydrogen-bond acceptors (Lipinski definition) is 3. The van der Waals surface area contributed by atoms with Gasteiger partial charge in [-0.25, -0.2) is 4.79 Å². The monoisotopic (exact) mass is 351 g/mol. The summed E-state index contributed by atoms with van der Waals surface area (Å²) in [5.41, 5.74) is 1.73. The van der Waals surface area contributed by atoms with Gasteiger partial charge in [0, 0.05) is 18.3 Å². The highest BCUT2D eigenvalue weighted by molar-refractivity contribution is 8.00. The van der Waals surface area contributed by atoms with Crippen LogP contribution in [0.25, 0.3) is 0 Å². The van der Waals surface area contributed by atoms with Crippen LogP contribution >= 0.6 is 11.8 Å². The van der Waals surface area contributed by atoms with Gasteiger partial charge in [-0.15, -0.1) is 11.8 Å². The van der Waals surface area contributed by atoms with Crippen LogP contribution in [-0.4, -0.2) is 29.0 Å². The Kier molecular flexibility index (Phi) is 9.30. The molecule has 0 heterocycles. The van der Waals surface area contributed by atoms with Crippen molar-refractivity contribution in [3.63, 3.8) is 0 Å². The summed E-state index contributed by atoms with van der Waals surface area (Å²) in [6.45, 7) is 8.40. The number of carbonyl (C=O) groups excluding carboxylic acids is 2. The first-order valence-corrected chi connectivity index (χ1v) is 9.53. The molecular formula is C18H29N3O2S. The molecule has 134 valence electrons. The van der Waals surface area contributed by atoms with Gasteiger partial charge >= 0.3 is 6.03 Å². The van der Waals surface area contributed by atoms with Crippen LogP contribution in [0.3, 0.4) is 0 Å². The zero-order valence-electron chi connectivity index (χ0n) is 15.0. The van der Waals surface area contributed by atoms with Crippen molar-refractivity contribution in [1.29, 1.82) is 0 Å². The molecule has 0 spiro atoms. The Morgan fingerprint density at radius 2 is 1.79 bits per heavy atom. The summed E-state index contributed by atoms with van der Waals surface area (Å²) in [4.78, 5) is 23.7. The maximum atomic E-state index is 12.0. The van der Waals surface area contributed by atoms with E-state index in [0.29, 0.717) is 6.54 Å². The van der Waals surface area contributed by atoms with E-state index >= 15 is 0 Å². The number of anilines is 1. The van der Waals surface area contributed by atoms with Crippen molar-refractivity contribution in [2.45, 2.75) is 58.4 Å². The van der Waals surface area contributed by atoms with Gasteiger partial charge in [-0.3, -0.25) is 4.79 Å². The zero-order valence-corrected chi connectivity index (χ0v) is 15.8. The van der Waals surface area contributed by atoms with Crippen LogP contribution in [-0.2, 0) is 11.3 Å². The molecule has 1 unspecified atom stereocenters. The van der Waals surface area contributed by atoms with E-state index < -0.39 is 0 Å². The van der Waals surface area contributed by atoms with E-state index in [9.17, 15) is 9.59 Å². The van der Waals surface area contributed by atoms with Crippen molar-refractivity contribution < 1.29 is 9.59 Å². The van der Waals surface area contributed by atoms with Gasteiger partial charge in [0.25, 0.3) is 0 Å². The number of thioether (sulfide) groups is 1. The lowest BCUT2D eigenvalue weighted by atomic mass is 10.2. The molecule has 0 saturated heterocycles. The van der Waals surface area contributed by atoms with Crippen molar-refractivity contribution in [3.8, 4) is 0 Å². The number of amides is 3. The SMILES string of the molecule is CCCCSC(C)C(=O)NCc1ccc(NC(=O)NC(C)C)cc1.